The summed E-state index contributed by atoms with van der Waals surface area (Å²) < 4.78 is 5.30. The van der Waals surface area contributed by atoms with Crippen LogP contribution >= 0.6 is 0 Å². The van der Waals surface area contributed by atoms with Gasteiger partial charge in [0.05, 0.1) is 12.8 Å². The lowest BCUT2D eigenvalue weighted by molar-refractivity contribution is 0.517. The number of hydrogen-bond acceptors (Lipinski definition) is 7. The fourth-order valence-electron chi connectivity index (χ4n) is 2.37. The van der Waals surface area contributed by atoms with Gasteiger partial charge in [-0.25, -0.2) is 0 Å². The van der Waals surface area contributed by atoms with Gasteiger partial charge in [-0.3, -0.25) is 0 Å². The minimum absolute atomic E-state index is 0.555. The lowest BCUT2D eigenvalue weighted by atomic mass is 10.1. The van der Waals surface area contributed by atoms with Gasteiger partial charge in [-0.1, -0.05) is 0 Å². The van der Waals surface area contributed by atoms with Crippen molar-refractivity contribution >= 4 is 17.8 Å². The van der Waals surface area contributed by atoms with E-state index in [9.17, 15) is 0 Å². The summed E-state index contributed by atoms with van der Waals surface area (Å²) in [6.45, 7) is 2.56. The molecule has 7 nitrogen and oxygen atoms in total. The zero-order valence-corrected chi connectivity index (χ0v) is 12.2. The standard InChI is InChI=1S/C14H20N6O/c1-15-12-17-13(16-10-11-6-5-9-21-11)19-14(18-12)20-7-3-2-4-8-20/h5-6,9H,2-4,7-8,10H2,1H3,(H2,15,16,17,18,19). The Morgan fingerprint density at radius 1 is 1.14 bits per heavy atom. The topological polar surface area (TPSA) is 79.1 Å². The minimum Gasteiger partial charge on any atom is -0.467 e. The monoisotopic (exact) mass is 288 g/mol. The van der Waals surface area contributed by atoms with Crippen molar-refractivity contribution in [3.63, 3.8) is 0 Å². The second-order valence-corrected chi connectivity index (χ2v) is 5.01. The molecular weight excluding hydrogens is 268 g/mol. The first-order valence-electron chi connectivity index (χ1n) is 7.30. The summed E-state index contributed by atoms with van der Waals surface area (Å²) in [4.78, 5) is 15.5. The smallest absolute Gasteiger partial charge is 0.231 e. The fraction of sp³-hybridized carbons (Fsp3) is 0.500. The Balaban J connectivity index is 1.75. The van der Waals surface area contributed by atoms with Gasteiger partial charge in [-0.15, -0.1) is 0 Å². The molecule has 112 valence electrons. The minimum atomic E-state index is 0.555. The highest BCUT2D eigenvalue weighted by Gasteiger charge is 2.16. The van der Waals surface area contributed by atoms with E-state index >= 15 is 0 Å². The largest absolute Gasteiger partial charge is 0.467 e. The molecule has 2 aromatic rings. The van der Waals surface area contributed by atoms with Crippen molar-refractivity contribution in [2.75, 3.05) is 35.7 Å². The predicted octanol–water partition coefficient (Wildman–Crippen LogP) is 2.11. The van der Waals surface area contributed by atoms with Crippen LogP contribution in [0, 0.1) is 0 Å². The second-order valence-electron chi connectivity index (χ2n) is 5.01. The third-order valence-corrected chi connectivity index (χ3v) is 3.49. The van der Waals surface area contributed by atoms with Crippen molar-refractivity contribution < 1.29 is 4.42 Å². The molecule has 0 aromatic carbocycles. The van der Waals surface area contributed by atoms with Gasteiger partial charge in [0.2, 0.25) is 17.8 Å². The molecule has 3 rings (SSSR count). The lowest BCUT2D eigenvalue weighted by Crippen LogP contribution is -2.31. The van der Waals surface area contributed by atoms with Crippen LogP contribution in [0.25, 0.3) is 0 Å². The first kappa shape index (κ1) is 13.7. The molecule has 1 saturated heterocycles. The maximum Gasteiger partial charge on any atom is 0.231 e. The van der Waals surface area contributed by atoms with Gasteiger partial charge >= 0.3 is 0 Å². The molecule has 0 atom stereocenters. The number of furan rings is 1. The van der Waals surface area contributed by atoms with Crippen molar-refractivity contribution in [2.24, 2.45) is 0 Å². The number of piperidine rings is 1. The molecule has 3 heterocycles. The molecule has 0 spiro atoms. The van der Waals surface area contributed by atoms with Crippen LogP contribution in [0.3, 0.4) is 0 Å². The molecule has 1 aliphatic rings. The normalized spacial score (nSPS) is 15.0. The Hall–Kier alpha value is -2.31. The van der Waals surface area contributed by atoms with E-state index in [2.05, 4.69) is 30.5 Å². The number of aromatic nitrogens is 3. The summed E-state index contributed by atoms with van der Waals surface area (Å²) in [7, 11) is 1.81. The zero-order valence-electron chi connectivity index (χ0n) is 12.2. The maximum atomic E-state index is 5.30. The van der Waals surface area contributed by atoms with E-state index in [0.29, 0.717) is 18.4 Å². The molecule has 21 heavy (non-hydrogen) atoms. The van der Waals surface area contributed by atoms with Crippen molar-refractivity contribution in [1.29, 1.82) is 0 Å². The van der Waals surface area contributed by atoms with E-state index in [-0.39, 0.29) is 0 Å². The number of nitrogens with one attached hydrogen (secondary N) is 2. The van der Waals surface area contributed by atoms with Gasteiger partial charge in [0.15, 0.2) is 0 Å². The molecule has 2 aromatic heterocycles. The van der Waals surface area contributed by atoms with Crippen LogP contribution < -0.4 is 15.5 Å². The average Bonchev–Trinajstić information content (AvgIpc) is 3.07. The highest BCUT2D eigenvalue weighted by molar-refractivity contribution is 5.43. The van der Waals surface area contributed by atoms with Gasteiger partial charge in [0.25, 0.3) is 0 Å². The molecule has 1 fully saturated rings. The summed E-state index contributed by atoms with van der Waals surface area (Å²) in [5, 5.41) is 6.17. The van der Waals surface area contributed by atoms with E-state index in [1.165, 1.54) is 19.3 Å². The fourth-order valence-corrected chi connectivity index (χ4v) is 2.37. The van der Waals surface area contributed by atoms with E-state index in [1.54, 1.807) is 6.26 Å². The lowest BCUT2D eigenvalue weighted by Gasteiger charge is -2.26. The molecule has 1 aliphatic heterocycles. The first-order valence-corrected chi connectivity index (χ1v) is 7.30. The molecule has 0 saturated carbocycles. The molecule has 7 heteroatoms. The van der Waals surface area contributed by atoms with Crippen LogP contribution in [-0.4, -0.2) is 35.1 Å². The third-order valence-electron chi connectivity index (χ3n) is 3.49. The Labute approximate surface area is 123 Å². The zero-order chi connectivity index (χ0) is 14.5. The summed E-state index contributed by atoms with van der Waals surface area (Å²) in [5.41, 5.74) is 0. The van der Waals surface area contributed by atoms with E-state index < -0.39 is 0 Å². The molecule has 0 bridgehead atoms. The summed E-state index contributed by atoms with van der Waals surface area (Å²) >= 11 is 0. The highest BCUT2D eigenvalue weighted by Crippen LogP contribution is 2.18. The van der Waals surface area contributed by atoms with Crippen LogP contribution in [0.5, 0.6) is 0 Å². The highest BCUT2D eigenvalue weighted by atomic mass is 16.3. The van der Waals surface area contributed by atoms with Gasteiger partial charge < -0.3 is 20.0 Å². The average molecular weight is 288 g/mol. The van der Waals surface area contributed by atoms with E-state index in [0.717, 1.165) is 24.8 Å². The molecule has 0 radical (unpaired) electrons. The maximum absolute atomic E-state index is 5.30. The van der Waals surface area contributed by atoms with Crippen molar-refractivity contribution in [3.05, 3.63) is 24.2 Å². The summed E-state index contributed by atoms with van der Waals surface area (Å²) in [6.07, 6.45) is 5.32. The Bertz CT molecular complexity index is 565. The number of rotatable bonds is 5. The summed E-state index contributed by atoms with van der Waals surface area (Å²) in [6, 6.07) is 3.78. The molecular formula is C14H20N6O. The van der Waals surface area contributed by atoms with E-state index in [4.69, 9.17) is 4.42 Å². The van der Waals surface area contributed by atoms with Crippen molar-refractivity contribution in [2.45, 2.75) is 25.8 Å². The molecule has 0 amide bonds. The number of hydrogen-bond donors (Lipinski definition) is 2. The van der Waals surface area contributed by atoms with Gasteiger partial charge in [-0.05, 0) is 31.4 Å². The Kier molecular flexibility index (Phi) is 4.18. The SMILES string of the molecule is CNc1nc(NCc2ccco2)nc(N2CCCCC2)n1. The quantitative estimate of drug-likeness (QED) is 0.872. The Morgan fingerprint density at radius 3 is 2.67 bits per heavy atom. The third kappa shape index (κ3) is 3.42. The van der Waals surface area contributed by atoms with Gasteiger partial charge in [-0.2, -0.15) is 15.0 Å². The number of anilines is 3. The van der Waals surface area contributed by atoms with Crippen molar-refractivity contribution in [1.82, 2.24) is 15.0 Å². The first-order chi connectivity index (χ1) is 10.3. The van der Waals surface area contributed by atoms with Crippen LogP contribution in [0.1, 0.15) is 25.0 Å². The van der Waals surface area contributed by atoms with E-state index in [1.807, 2.05) is 19.2 Å². The van der Waals surface area contributed by atoms with Crippen LogP contribution in [0.2, 0.25) is 0 Å². The van der Waals surface area contributed by atoms with Crippen molar-refractivity contribution in [3.8, 4) is 0 Å². The number of nitrogens with zero attached hydrogens (tertiary/aromatic N) is 4. The summed E-state index contributed by atoms with van der Waals surface area (Å²) in [5.74, 6) is 2.72. The van der Waals surface area contributed by atoms with Crippen LogP contribution in [-0.2, 0) is 6.54 Å². The van der Waals surface area contributed by atoms with Crippen LogP contribution in [0.4, 0.5) is 17.8 Å². The molecule has 2 N–H and O–H groups in total. The second kappa shape index (κ2) is 6.43. The Morgan fingerprint density at radius 2 is 1.95 bits per heavy atom. The van der Waals surface area contributed by atoms with Gasteiger partial charge in [0.1, 0.15) is 5.76 Å². The molecule has 0 aliphatic carbocycles. The van der Waals surface area contributed by atoms with Gasteiger partial charge in [0, 0.05) is 20.1 Å². The van der Waals surface area contributed by atoms with Crippen LogP contribution in [0.15, 0.2) is 22.8 Å². The molecule has 0 unspecified atom stereocenters. The predicted molar refractivity (Wildman–Crippen MR) is 81.5 cm³/mol.